The van der Waals surface area contributed by atoms with E-state index < -0.39 is 0 Å². The van der Waals surface area contributed by atoms with Gasteiger partial charge >= 0.3 is 0 Å². The van der Waals surface area contributed by atoms with E-state index >= 15 is 0 Å². The van der Waals surface area contributed by atoms with Crippen molar-refractivity contribution in [3.63, 3.8) is 0 Å². The summed E-state index contributed by atoms with van der Waals surface area (Å²) >= 11 is 11.8. The lowest BCUT2D eigenvalue weighted by Crippen LogP contribution is -2.07. The van der Waals surface area contributed by atoms with Crippen molar-refractivity contribution in [3.05, 3.63) is 63.6 Å². The van der Waals surface area contributed by atoms with E-state index in [0.717, 1.165) is 16.9 Å². The lowest BCUT2D eigenvalue weighted by atomic mass is 10.1. The van der Waals surface area contributed by atoms with Gasteiger partial charge in [0.2, 0.25) is 0 Å². The average Bonchev–Trinajstić information content (AvgIpc) is 2.40. The minimum absolute atomic E-state index is 0.0648. The highest BCUT2D eigenvalue weighted by atomic mass is 35.5. The van der Waals surface area contributed by atoms with Gasteiger partial charge in [-0.25, -0.2) is 0 Å². The van der Waals surface area contributed by atoms with E-state index in [9.17, 15) is 0 Å². The van der Waals surface area contributed by atoms with E-state index in [1.807, 2.05) is 37.3 Å². The zero-order valence-corrected chi connectivity index (χ0v) is 12.1. The van der Waals surface area contributed by atoms with Crippen molar-refractivity contribution in [3.8, 4) is 5.75 Å². The van der Waals surface area contributed by atoms with Gasteiger partial charge in [0.25, 0.3) is 0 Å². The highest BCUT2D eigenvalue weighted by Gasteiger charge is 2.07. The van der Waals surface area contributed by atoms with Crippen LogP contribution in [0.25, 0.3) is 0 Å². The first-order valence-corrected chi connectivity index (χ1v) is 6.74. The maximum atomic E-state index is 5.97. The van der Waals surface area contributed by atoms with Gasteiger partial charge in [0.1, 0.15) is 12.4 Å². The SMILES string of the molecule is CC(N)c1ccccc1OCc1ccc(Cl)c(Cl)c1. The average molecular weight is 296 g/mol. The number of para-hydroxylation sites is 1. The van der Waals surface area contributed by atoms with Crippen LogP contribution in [0.5, 0.6) is 5.75 Å². The molecule has 0 spiro atoms. The molecule has 2 aromatic carbocycles. The molecule has 0 aliphatic heterocycles. The summed E-state index contributed by atoms with van der Waals surface area (Å²) in [6, 6.07) is 13.2. The van der Waals surface area contributed by atoms with Gasteiger partial charge in [-0.15, -0.1) is 0 Å². The number of hydrogen-bond donors (Lipinski definition) is 1. The van der Waals surface area contributed by atoms with Gasteiger partial charge < -0.3 is 10.5 Å². The molecule has 0 radical (unpaired) electrons. The maximum absolute atomic E-state index is 5.97. The Labute approximate surface area is 123 Å². The Bertz CT molecular complexity index is 570. The molecule has 0 bridgehead atoms. The molecular weight excluding hydrogens is 281 g/mol. The smallest absolute Gasteiger partial charge is 0.124 e. The fourth-order valence-electron chi connectivity index (χ4n) is 1.78. The minimum Gasteiger partial charge on any atom is -0.489 e. The third-order valence-electron chi connectivity index (χ3n) is 2.79. The molecule has 2 N–H and O–H groups in total. The quantitative estimate of drug-likeness (QED) is 0.895. The Morgan fingerprint density at radius 3 is 2.53 bits per heavy atom. The lowest BCUT2D eigenvalue weighted by molar-refractivity contribution is 0.301. The number of ether oxygens (including phenoxy) is 1. The Hall–Kier alpha value is -1.22. The molecule has 1 unspecified atom stereocenters. The van der Waals surface area contributed by atoms with Crippen LogP contribution in [0.2, 0.25) is 10.0 Å². The predicted molar refractivity (Wildman–Crippen MR) is 79.8 cm³/mol. The van der Waals surface area contributed by atoms with E-state index in [4.69, 9.17) is 33.7 Å². The standard InChI is InChI=1S/C15H15Cl2NO/c1-10(18)12-4-2-3-5-15(12)19-9-11-6-7-13(16)14(17)8-11/h2-8,10H,9,18H2,1H3. The van der Waals surface area contributed by atoms with Crippen molar-refractivity contribution >= 4 is 23.2 Å². The fourth-order valence-corrected chi connectivity index (χ4v) is 2.10. The first-order chi connectivity index (χ1) is 9.08. The number of rotatable bonds is 4. The van der Waals surface area contributed by atoms with Crippen LogP contribution < -0.4 is 10.5 Å². The van der Waals surface area contributed by atoms with Crippen molar-refractivity contribution in [1.29, 1.82) is 0 Å². The van der Waals surface area contributed by atoms with Crippen LogP contribution in [-0.2, 0) is 6.61 Å². The summed E-state index contributed by atoms with van der Waals surface area (Å²) in [5.74, 6) is 0.795. The van der Waals surface area contributed by atoms with E-state index in [0.29, 0.717) is 16.7 Å². The van der Waals surface area contributed by atoms with Gasteiger partial charge in [0.05, 0.1) is 10.0 Å². The lowest BCUT2D eigenvalue weighted by Gasteiger charge is -2.14. The van der Waals surface area contributed by atoms with Crippen LogP contribution in [0, 0.1) is 0 Å². The van der Waals surface area contributed by atoms with Gasteiger partial charge in [0, 0.05) is 11.6 Å². The molecule has 2 aromatic rings. The minimum atomic E-state index is -0.0648. The molecule has 1 atom stereocenters. The molecule has 100 valence electrons. The van der Waals surface area contributed by atoms with E-state index in [-0.39, 0.29) is 6.04 Å². The number of benzene rings is 2. The summed E-state index contributed by atoms with van der Waals surface area (Å²) in [4.78, 5) is 0. The van der Waals surface area contributed by atoms with Gasteiger partial charge in [0.15, 0.2) is 0 Å². The Balaban J connectivity index is 2.12. The van der Waals surface area contributed by atoms with Crippen LogP contribution in [-0.4, -0.2) is 0 Å². The summed E-state index contributed by atoms with van der Waals surface area (Å²) < 4.78 is 5.80. The first kappa shape index (κ1) is 14.2. The molecule has 0 amide bonds. The highest BCUT2D eigenvalue weighted by molar-refractivity contribution is 6.42. The van der Waals surface area contributed by atoms with Crippen LogP contribution >= 0.6 is 23.2 Å². The molecule has 0 aromatic heterocycles. The Morgan fingerprint density at radius 2 is 1.84 bits per heavy atom. The van der Waals surface area contributed by atoms with Gasteiger partial charge in [-0.3, -0.25) is 0 Å². The summed E-state index contributed by atoms with van der Waals surface area (Å²) in [6.07, 6.45) is 0. The van der Waals surface area contributed by atoms with Gasteiger partial charge in [-0.05, 0) is 30.7 Å². The van der Waals surface area contributed by atoms with Crippen molar-refractivity contribution < 1.29 is 4.74 Å². The third kappa shape index (κ3) is 3.63. The second kappa shape index (κ2) is 6.29. The molecule has 0 aliphatic rings. The van der Waals surface area contributed by atoms with Gasteiger partial charge in [-0.1, -0.05) is 47.5 Å². The number of halogens is 2. The summed E-state index contributed by atoms with van der Waals surface area (Å²) in [5.41, 5.74) is 7.86. The molecule has 0 saturated heterocycles. The second-order valence-corrected chi connectivity index (χ2v) is 5.18. The van der Waals surface area contributed by atoms with Crippen LogP contribution in [0.1, 0.15) is 24.1 Å². The van der Waals surface area contributed by atoms with Crippen LogP contribution in [0.4, 0.5) is 0 Å². The Morgan fingerprint density at radius 1 is 1.11 bits per heavy atom. The van der Waals surface area contributed by atoms with Crippen molar-refractivity contribution in [1.82, 2.24) is 0 Å². The Kier molecular flexibility index (Phi) is 4.70. The third-order valence-corrected chi connectivity index (χ3v) is 3.53. The highest BCUT2D eigenvalue weighted by Crippen LogP contribution is 2.26. The molecule has 2 nitrogen and oxygen atoms in total. The maximum Gasteiger partial charge on any atom is 0.124 e. The topological polar surface area (TPSA) is 35.2 Å². The normalized spacial score (nSPS) is 12.2. The van der Waals surface area contributed by atoms with Crippen molar-refractivity contribution in [2.24, 2.45) is 5.73 Å². The van der Waals surface area contributed by atoms with Crippen LogP contribution in [0.15, 0.2) is 42.5 Å². The molecule has 19 heavy (non-hydrogen) atoms. The van der Waals surface area contributed by atoms with E-state index in [2.05, 4.69) is 0 Å². The summed E-state index contributed by atoms with van der Waals surface area (Å²) in [7, 11) is 0. The zero-order chi connectivity index (χ0) is 13.8. The predicted octanol–water partition coefficient (Wildman–Crippen LogP) is 4.59. The largest absolute Gasteiger partial charge is 0.489 e. The monoisotopic (exact) mass is 295 g/mol. The van der Waals surface area contributed by atoms with E-state index in [1.165, 1.54) is 0 Å². The molecule has 4 heteroatoms. The molecule has 0 heterocycles. The zero-order valence-electron chi connectivity index (χ0n) is 10.6. The summed E-state index contributed by atoms with van der Waals surface area (Å²) in [5, 5.41) is 1.07. The van der Waals surface area contributed by atoms with Crippen molar-refractivity contribution in [2.45, 2.75) is 19.6 Å². The van der Waals surface area contributed by atoms with Gasteiger partial charge in [-0.2, -0.15) is 0 Å². The molecule has 0 aliphatic carbocycles. The molecule has 0 fully saturated rings. The number of hydrogen-bond acceptors (Lipinski definition) is 2. The van der Waals surface area contributed by atoms with E-state index in [1.54, 1.807) is 12.1 Å². The van der Waals surface area contributed by atoms with Crippen molar-refractivity contribution in [2.75, 3.05) is 0 Å². The molecular formula is C15H15Cl2NO. The number of nitrogens with two attached hydrogens (primary N) is 1. The van der Waals surface area contributed by atoms with Crippen LogP contribution in [0.3, 0.4) is 0 Å². The fraction of sp³-hybridized carbons (Fsp3) is 0.200. The second-order valence-electron chi connectivity index (χ2n) is 4.36. The molecule has 0 saturated carbocycles. The first-order valence-electron chi connectivity index (χ1n) is 5.99. The summed E-state index contributed by atoms with van der Waals surface area (Å²) in [6.45, 7) is 2.36. The molecule has 2 rings (SSSR count).